The van der Waals surface area contributed by atoms with E-state index >= 15 is 0 Å². The predicted octanol–water partition coefficient (Wildman–Crippen LogP) is 3.37. The largest absolute Gasteiger partial charge is 0.349 e. The van der Waals surface area contributed by atoms with Crippen LogP contribution in [-0.4, -0.2) is 14.2 Å². The topological polar surface area (TPSA) is 18.5 Å². The van der Waals surface area contributed by atoms with Gasteiger partial charge in [0.2, 0.25) is 0 Å². The molecular weight excluding hydrogens is 224 g/mol. The Hall–Kier alpha value is -1.64. The van der Waals surface area contributed by atoms with Gasteiger partial charge >= 0.3 is 0 Å². The molecule has 2 aromatic rings. The highest BCUT2D eigenvalue weighted by Gasteiger charge is 2.32. The summed E-state index contributed by atoms with van der Waals surface area (Å²) in [6.07, 6.45) is 0.685. The Balaban J connectivity index is 2.33. The number of hydrogen-bond acceptors (Lipinski definition) is 2. The minimum atomic E-state index is -0.720. The Kier molecular flexibility index (Phi) is 4.13. The molecule has 0 saturated heterocycles. The van der Waals surface area contributed by atoms with Gasteiger partial charge < -0.3 is 9.47 Å². The van der Waals surface area contributed by atoms with Crippen LogP contribution in [0, 0.1) is 0 Å². The van der Waals surface area contributed by atoms with E-state index in [2.05, 4.69) is 12.1 Å². The van der Waals surface area contributed by atoms with Crippen LogP contribution in [-0.2, 0) is 21.7 Å². The highest BCUT2D eigenvalue weighted by Crippen LogP contribution is 2.30. The molecule has 0 saturated carbocycles. The van der Waals surface area contributed by atoms with E-state index in [1.807, 2.05) is 48.5 Å². The normalized spacial score (nSPS) is 11.4. The van der Waals surface area contributed by atoms with Crippen LogP contribution in [0.1, 0.15) is 11.1 Å². The van der Waals surface area contributed by atoms with Crippen molar-refractivity contribution in [1.82, 2.24) is 0 Å². The molecule has 0 bridgehead atoms. The molecule has 0 unspecified atom stereocenters. The van der Waals surface area contributed by atoms with E-state index in [4.69, 9.17) is 9.47 Å². The van der Waals surface area contributed by atoms with Crippen LogP contribution in [0.15, 0.2) is 60.7 Å². The van der Waals surface area contributed by atoms with Crippen molar-refractivity contribution >= 4 is 0 Å². The van der Waals surface area contributed by atoms with Gasteiger partial charge in [-0.05, 0) is 5.56 Å². The van der Waals surface area contributed by atoms with Crippen molar-refractivity contribution in [3.63, 3.8) is 0 Å². The van der Waals surface area contributed by atoms with E-state index < -0.39 is 5.79 Å². The molecular formula is C16H18O2. The van der Waals surface area contributed by atoms with E-state index in [0.29, 0.717) is 6.42 Å². The second kappa shape index (κ2) is 5.80. The monoisotopic (exact) mass is 242 g/mol. The minimum absolute atomic E-state index is 0.685. The van der Waals surface area contributed by atoms with Gasteiger partial charge in [-0.3, -0.25) is 0 Å². The molecule has 0 aliphatic heterocycles. The standard InChI is InChI=1S/C16H18O2/c1-17-16(18-2,15-11-7-4-8-12-15)13-14-9-5-3-6-10-14/h3-12H,13H2,1-2H3. The quantitative estimate of drug-likeness (QED) is 0.748. The summed E-state index contributed by atoms with van der Waals surface area (Å²) in [5, 5.41) is 0. The maximum absolute atomic E-state index is 5.65. The van der Waals surface area contributed by atoms with Crippen LogP contribution in [0.3, 0.4) is 0 Å². The molecule has 0 amide bonds. The summed E-state index contributed by atoms with van der Waals surface area (Å²) in [4.78, 5) is 0. The predicted molar refractivity (Wildman–Crippen MR) is 72.3 cm³/mol. The summed E-state index contributed by atoms with van der Waals surface area (Å²) in [6.45, 7) is 0. The first kappa shape index (κ1) is 12.8. The third-order valence-electron chi connectivity index (χ3n) is 3.15. The van der Waals surface area contributed by atoms with E-state index in [1.54, 1.807) is 14.2 Å². The van der Waals surface area contributed by atoms with Crippen LogP contribution in [0.4, 0.5) is 0 Å². The molecule has 0 spiro atoms. The molecule has 0 radical (unpaired) electrons. The lowest BCUT2D eigenvalue weighted by Gasteiger charge is -2.31. The third-order valence-corrected chi connectivity index (χ3v) is 3.15. The van der Waals surface area contributed by atoms with Crippen LogP contribution < -0.4 is 0 Å². The summed E-state index contributed by atoms with van der Waals surface area (Å²) in [6, 6.07) is 20.2. The maximum atomic E-state index is 5.65. The van der Waals surface area contributed by atoms with Gasteiger partial charge in [-0.1, -0.05) is 60.7 Å². The Labute approximate surface area is 108 Å². The number of methoxy groups -OCH3 is 2. The lowest BCUT2D eigenvalue weighted by molar-refractivity contribution is -0.215. The van der Waals surface area contributed by atoms with Crippen LogP contribution >= 0.6 is 0 Å². The molecule has 0 aromatic heterocycles. The van der Waals surface area contributed by atoms with E-state index in [0.717, 1.165) is 5.56 Å². The first-order chi connectivity index (χ1) is 8.80. The summed E-state index contributed by atoms with van der Waals surface area (Å²) >= 11 is 0. The number of benzene rings is 2. The molecule has 0 atom stereocenters. The maximum Gasteiger partial charge on any atom is 0.198 e. The average molecular weight is 242 g/mol. The van der Waals surface area contributed by atoms with Crippen LogP contribution in [0.2, 0.25) is 0 Å². The van der Waals surface area contributed by atoms with Crippen LogP contribution in [0.5, 0.6) is 0 Å². The molecule has 0 aliphatic rings. The summed E-state index contributed by atoms with van der Waals surface area (Å²) in [5.74, 6) is -0.720. The molecule has 2 nitrogen and oxygen atoms in total. The molecule has 2 heteroatoms. The van der Waals surface area contributed by atoms with Crippen molar-refractivity contribution in [1.29, 1.82) is 0 Å². The first-order valence-electron chi connectivity index (χ1n) is 6.00. The smallest absolute Gasteiger partial charge is 0.198 e. The highest BCUT2D eigenvalue weighted by molar-refractivity contribution is 5.25. The van der Waals surface area contributed by atoms with Gasteiger partial charge in [0.05, 0.1) is 0 Å². The zero-order chi connectivity index (χ0) is 12.8. The zero-order valence-electron chi connectivity index (χ0n) is 10.8. The average Bonchev–Trinajstić information content (AvgIpc) is 2.47. The van der Waals surface area contributed by atoms with Crippen LogP contribution in [0.25, 0.3) is 0 Å². The van der Waals surface area contributed by atoms with Crippen molar-refractivity contribution in [3.8, 4) is 0 Å². The molecule has 0 N–H and O–H groups in total. The fraction of sp³-hybridized carbons (Fsp3) is 0.250. The Morgan fingerprint density at radius 1 is 0.778 bits per heavy atom. The number of ether oxygens (including phenoxy) is 2. The number of hydrogen-bond donors (Lipinski definition) is 0. The zero-order valence-corrected chi connectivity index (χ0v) is 10.8. The Morgan fingerprint density at radius 3 is 1.78 bits per heavy atom. The lowest BCUT2D eigenvalue weighted by atomic mass is 9.97. The Bertz CT molecular complexity index is 461. The molecule has 94 valence electrons. The van der Waals surface area contributed by atoms with E-state index in [9.17, 15) is 0 Å². The van der Waals surface area contributed by atoms with Crippen molar-refractivity contribution in [3.05, 3.63) is 71.8 Å². The van der Waals surface area contributed by atoms with Gasteiger partial charge in [0, 0.05) is 26.2 Å². The highest BCUT2D eigenvalue weighted by atomic mass is 16.7. The molecule has 0 heterocycles. The summed E-state index contributed by atoms with van der Waals surface area (Å²) in [5.41, 5.74) is 2.21. The fourth-order valence-electron chi connectivity index (χ4n) is 2.12. The van der Waals surface area contributed by atoms with Gasteiger partial charge in [-0.25, -0.2) is 0 Å². The van der Waals surface area contributed by atoms with Crippen molar-refractivity contribution in [2.75, 3.05) is 14.2 Å². The van der Waals surface area contributed by atoms with Gasteiger partial charge in [0.15, 0.2) is 5.79 Å². The first-order valence-corrected chi connectivity index (χ1v) is 6.00. The minimum Gasteiger partial charge on any atom is -0.349 e. The van der Waals surface area contributed by atoms with Gasteiger partial charge in [0.1, 0.15) is 0 Å². The van der Waals surface area contributed by atoms with Gasteiger partial charge in [-0.15, -0.1) is 0 Å². The lowest BCUT2D eigenvalue weighted by Crippen LogP contribution is -2.33. The van der Waals surface area contributed by atoms with Gasteiger partial charge in [0.25, 0.3) is 0 Å². The molecule has 2 rings (SSSR count). The van der Waals surface area contributed by atoms with E-state index in [1.165, 1.54) is 5.56 Å². The summed E-state index contributed by atoms with van der Waals surface area (Å²) in [7, 11) is 3.36. The second-order valence-electron chi connectivity index (χ2n) is 4.19. The SMILES string of the molecule is COC(Cc1ccccc1)(OC)c1ccccc1. The summed E-state index contributed by atoms with van der Waals surface area (Å²) < 4.78 is 11.3. The van der Waals surface area contributed by atoms with Gasteiger partial charge in [-0.2, -0.15) is 0 Å². The fourth-order valence-corrected chi connectivity index (χ4v) is 2.12. The third kappa shape index (κ3) is 2.61. The van der Waals surface area contributed by atoms with Crippen molar-refractivity contribution < 1.29 is 9.47 Å². The molecule has 0 aliphatic carbocycles. The second-order valence-corrected chi connectivity index (χ2v) is 4.19. The number of rotatable bonds is 5. The Morgan fingerprint density at radius 2 is 1.28 bits per heavy atom. The molecule has 2 aromatic carbocycles. The molecule has 0 fully saturated rings. The van der Waals surface area contributed by atoms with Crippen molar-refractivity contribution in [2.24, 2.45) is 0 Å². The van der Waals surface area contributed by atoms with E-state index in [-0.39, 0.29) is 0 Å². The van der Waals surface area contributed by atoms with Crippen molar-refractivity contribution in [2.45, 2.75) is 12.2 Å². The molecule has 18 heavy (non-hydrogen) atoms.